The molecular weight excluding hydrogens is 395 g/mol. The van der Waals surface area contributed by atoms with Gasteiger partial charge in [-0.3, -0.25) is 4.79 Å². The predicted octanol–water partition coefficient (Wildman–Crippen LogP) is 4.87. The number of carbonyl (C=O) groups excluding carboxylic acids is 1. The molecule has 1 aliphatic rings. The van der Waals surface area contributed by atoms with Crippen molar-refractivity contribution < 1.29 is 13.9 Å². The topological polar surface area (TPSA) is 76.1 Å². The quantitative estimate of drug-likeness (QED) is 0.529. The lowest BCUT2D eigenvalue weighted by Gasteiger charge is -2.24. The molecule has 1 aliphatic heterocycles. The number of piperidine rings is 1. The maximum absolute atomic E-state index is 14.1. The molecule has 3 aromatic rings. The number of anilines is 2. The van der Waals surface area contributed by atoms with E-state index in [9.17, 15) is 9.18 Å². The molecule has 4 rings (SSSR count). The van der Waals surface area contributed by atoms with Crippen molar-refractivity contribution in [2.45, 2.75) is 39.2 Å². The number of fused-ring (bicyclic) bond motifs is 1. The van der Waals surface area contributed by atoms with E-state index in [2.05, 4.69) is 20.6 Å². The molecule has 1 fully saturated rings. The molecule has 2 heterocycles. The Morgan fingerprint density at radius 3 is 2.84 bits per heavy atom. The van der Waals surface area contributed by atoms with Gasteiger partial charge in [-0.05, 0) is 56.1 Å². The zero-order chi connectivity index (χ0) is 21.8. The lowest BCUT2D eigenvalue weighted by atomic mass is 10.0. The zero-order valence-electron chi connectivity index (χ0n) is 17.8. The first-order valence-corrected chi connectivity index (χ1v) is 10.7. The zero-order valence-corrected chi connectivity index (χ0v) is 17.8. The molecule has 31 heavy (non-hydrogen) atoms. The minimum absolute atomic E-state index is 0.0883. The number of carbonyl (C=O) groups is 1. The smallest absolute Gasteiger partial charge is 0.227 e. The molecule has 0 amide bonds. The van der Waals surface area contributed by atoms with Crippen LogP contribution in [0.2, 0.25) is 0 Å². The number of hydrogen-bond acceptors (Lipinski definition) is 6. The monoisotopic (exact) mass is 422 g/mol. The van der Waals surface area contributed by atoms with Gasteiger partial charge in [0.25, 0.3) is 0 Å². The summed E-state index contributed by atoms with van der Waals surface area (Å²) in [5.74, 6) is 0.667. The van der Waals surface area contributed by atoms with Crippen LogP contribution in [0.1, 0.15) is 43.5 Å². The number of halogens is 1. The largest absolute Gasteiger partial charge is 0.488 e. The van der Waals surface area contributed by atoms with Gasteiger partial charge in [-0.2, -0.15) is 0 Å². The van der Waals surface area contributed by atoms with E-state index in [0.29, 0.717) is 34.9 Å². The molecule has 0 atom stereocenters. The third-order valence-electron chi connectivity index (χ3n) is 5.22. The van der Waals surface area contributed by atoms with Crippen molar-refractivity contribution >= 4 is 28.3 Å². The van der Waals surface area contributed by atoms with Gasteiger partial charge in [0, 0.05) is 29.3 Å². The van der Waals surface area contributed by atoms with Gasteiger partial charge in [-0.1, -0.05) is 26.0 Å². The molecule has 0 saturated carbocycles. The van der Waals surface area contributed by atoms with E-state index in [1.807, 2.05) is 32.0 Å². The summed E-state index contributed by atoms with van der Waals surface area (Å²) < 4.78 is 20.4. The number of benzene rings is 2. The van der Waals surface area contributed by atoms with Crippen LogP contribution in [0.15, 0.2) is 42.6 Å². The highest BCUT2D eigenvalue weighted by Crippen LogP contribution is 2.28. The molecule has 0 unspecified atom stereocenters. The Bertz CT molecular complexity index is 1080. The lowest BCUT2D eigenvalue weighted by Crippen LogP contribution is -2.34. The van der Waals surface area contributed by atoms with Crippen LogP contribution in [0.5, 0.6) is 5.75 Å². The van der Waals surface area contributed by atoms with Crippen LogP contribution in [0, 0.1) is 11.7 Å². The van der Waals surface area contributed by atoms with Crippen LogP contribution in [-0.4, -0.2) is 34.9 Å². The highest BCUT2D eigenvalue weighted by Gasteiger charge is 2.17. The molecule has 7 heteroatoms. The van der Waals surface area contributed by atoms with Gasteiger partial charge < -0.3 is 15.4 Å². The Hall–Kier alpha value is -3.06. The molecule has 2 N–H and O–H groups in total. The molecule has 0 aliphatic carbocycles. The molecule has 1 saturated heterocycles. The molecule has 1 aromatic heterocycles. The van der Waals surface area contributed by atoms with Gasteiger partial charge in [0.1, 0.15) is 23.2 Å². The normalized spacial score (nSPS) is 14.7. The minimum Gasteiger partial charge on any atom is -0.488 e. The summed E-state index contributed by atoms with van der Waals surface area (Å²) >= 11 is 0. The second-order valence-corrected chi connectivity index (χ2v) is 8.33. The van der Waals surface area contributed by atoms with Crippen LogP contribution in [0.3, 0.4) is 0 Å². The first-order chi connectivity index (χ1) is 15.0. The van der Waals surface area contributed by atoms with Crippen molar-refractivity contribution in [1.82, 2.24) is 15.3 Å². The van der Waals surface area contributed by atoms with Gasteiger partial charge in [0.2, 0.25) is 5.95 Å². The molecule has 0 spiro atoms. The highest BCUT2D eigenvalue weighted by atomic mass is 19.1. The summed E-state index contributed by atoms with van der Waals surface area (Å²) in [5, 5.41) is 7.23. The molecule has 0 bridgehead atoms. The summed E-state index contributed by atoms with van der Waals surface area (Å²) in [6.07, 6.45) is 4.12. The first kappa shape index (κ1) is 21.2. The van der Waals surface area contributed by atoms with Gasteiger partial charge in [0.15, 0.2) is 5.78 Å². The summed E-state index contributed by atoms with van der Waals surface area (Å²) in [5.41, 5.74) is 1.47. The van der Waals surface area contributed by atoms with Crippen LogP contribution in [0.25, 0.3) is 10.9 Å². The Kier molecular flexibility index (Phi) is 6.42. The Labute approximate surface area is 181 Å². The van der Waals surface area contributed by atoms with Crippen molar-refractivity contribution in [3.63, 3.8) is 0 Å². The Balaban J connectivity index is 1.59. The van der Waals surface area contributed by atoms with Crippen molar-refractivity contribution in [3.05, 3.63) is 54.0 Å². The highest BCUT2D eigenvalue weighted by molar-refractivity contribution is 5.97. The average Bonchev–Trinajstić information content (AvgIpc) is 2.74. The standard InChI is InChI=1S/C24H27FN4O2/c1-15(2)10-21(30)17-11-18(25)13-19(12-17)28-24-27-14-16-4-3-5-22(23(16)29-24)31-20-6-8-26-9-7-20/h3-5,11-15,20,26H,6-10H2,1-2H3,(H,27,28,29). The predicted molar refractivity (Wildman–Crippen MR) is 120 cm³/mol. The average molecular weight is 423 g/mol. The summed E-state index contributed by atoms with van der Waals surface area (Å²) in [4.78, 5) is 21.3. The fourth-order valence-electron chi connectivity index (χ4n) is 3.72. The summed E-state index contributed by atoms with van der Waals surface area (Å²) in [7, 11) is 0. The SMILES string of the molecule is CC(C)CC(=O)c1cc(F)cc(Nc2ncc3cccc(OC4CCNCC4)c3n2)c1. The van der Waals surface area contributed by atoms with E-state index in [0.717, 1.165) is 31.3 Å². The third-order valence-corrected chi connectivity index (χ3v) is 5.22. The Morgan fingerprint density at radius 2 is 2.06 bits per heavy atom. The van der Waals surface area contributed by atoms with Gasteiger partial charge in [-0.25, -0.2) is 14.4 Å². The number of aromatic nitrogens is 2. The van der Waals surface area contributed by atoms with Gasteiger partial charge in [0.05, 0.1) is 0 Å². The maximum Gasteiger partial charge on any atom is 0.227 e. The fraction of sp³-hybridized carbons (Fsp3) is 0.375. The second-order valence-electron chi connectivity index (χ2n) is 8.33. The number of ketones is 1. The van der Waals surface area contributed by atoms with Crippen LogP contribution >= 0.6 is 0 Å². The number of ether oxygens (including phenoxy) is 1. The van der Waals surface area contributed by atoms with E-state index in [1.54, 1.807) is 12.3 Å². The van der Waals surface area contributed by atoms with Crippen molar-refractivity contribution in [2.75, 3.05) is 18.4 Å². The Morgan fingerprint density at radius 1 is 1.26 bits per heavy atom. The van der Waals surface area contributed by atoms with Gasteiger partial charge in [-0.15, -0.1) is 0 Å². The summed E-state index contributed by atoms with van der Waals surface area (Å²) in [6, 6.07) is 10.00. The number of nitrogens with one attached hydrogen (secondary N) is 2. The maximum atomic E-state index is 14.1. The van der Waals surface area contributed by atoms with Crippen molar-refractivity contribution in [2.24, 2.45) is 5.92 Å². The molecule has 162 valence electrons. The van der Waals surface area contributed by atoms with Crippen LogP contribution in [-0.2, 0) is 0 Å². The number of nitrogens with zero attached hydrogens (tertiary/aromatic N) is 2. The van der Waals surface area contributed by atoms with Gasteiger partial charge >= 0.3 is 0 Å². The lowest BCUT2D eigenvalue weighted by molar-refractivity contribution is 0.0967. The minimum atomic E-state index is -0.479. The molecule has 6 nitrogen and oxygen atoms in total. The van der Waals surface area contributed by atoms with E-state index in [1.165, 1.54) is 12.1 Å². The van der Waals surface area contributed by atoms with E-state index >= 15 is 0 Å². The molecule has 0 radical (unpaired) electrons. The van der Waals surface area contributed by atoms with Crippen LogP contribution < -0.4 is 15.4 Å². The van der Waals surface area contributed by atoms with E-state index in [4.69, 9.17) is 4.74 Å². The molecular formula is C24H27FN4O2. The fourth-order valence-corrected chi connectivity index (χ4v) is 3.72. The molecule has 2 aromatic carbocycles. The van der Waals surface area contributed by atoms with Crippen molar-refractivity contribution in [1.29, 1.82) is 0 Å². The van der Waals surface area contributed by atoms with Crippen molar-refractivity contribution in [3.8, 4) is 5.75 Å². The number of Topliss-reactive ketones (excluding diaryl/α,β-unsaturated/α-hetero) is 1. The van der Waals surface area contributed by atoms with E-state index < -0.39 is 5.82 Å². The number of para-hydroxylation sites is 1. The van der Waals surface area contributed by atoms with Crippen LogP contribution in [0.4, 0.5) is 16.0 Å². The number of rotatable bonds is 7. The van der Waals surface area contributed by atoms with E-state index in [-0.39, 0.29) is 17.8 Å². The summed E-state index contributed by atoms with van der Waals surface area (Å²) in [6.45, 7) is 5.80. The second kappa shape index (κ2) is 9.39. The number of hydrogen-bond donors (Lipinski definition) is 2. The third kappa shape index (κ3) is 5.35. The first-order valence-electron chi connectivity index (χ1n) is 10.7.